The predicted molar refractivity (Wildman–Crippen MR) is 80.5 cm³/mol. The lowest BCUT2D eigenvalue weighted by molar-refractivity contribution is -0.174. The second-order valence-electron chi connectivity index (χ2n) is 6.37. The maximum atomic E-state index is 5.92. The van der Waals surface area contributed by atoms with Crippen molar-refractivity contribution in [3.8, 4) is 0 Å². The van der Waals surface area contributed by atoms with Gasteiger partial charge in [0.2, 0.25) is 0 Å². The maximum absolute atomic E-state index is 5.92. The lowest BCUT2D eigenvalue weighted by Crippen LogP contribution is -2.68. The molecule has 2 aliphatic rings. The van der Waals surface area contributed by atoms with Gasteiger partial charge in [-0.2, -0.15) is 0 Å². The van der Waals surface area contributed by atoms with Gasteiger partial charge in [-0.25, -0.2) is 0 Å². The fourth-order valence-corrected chi connectivity index (χ4v) is 3.94. The minimum Gasteiger partial charge on any atom is -0.378 e. The van der Waals surface area contributed by atoms with Crippen molar-refractivity contribution in [2.45, 2.75) is 71.6 Å². The Hall–Kier alpha value is -0.120. The zero-order chi connectivity index (χ0) is 13.9. The molecule has 19 heavy (non-hydrogen) atoms. The van der Waals surface area contributed by atoms with Crippen LogP contribution in [0.2, 0.25) is 0 Å². The van der Waals surface area contributed by atoms with Crippen LogP contribution in [0.5, 0.6) is 0 Å². The van der Waals surface area contributed by atoms with Crippen LogP contribution in [-0.2, 0) is 4.74 Å². The van der Waals surface area contributed by atoms with Gasteiger partial charge in [-0.15, -0.1) is 0 Å². The van der Waals surface area contributed by atoms with Crippen molar-refractivity contribution in [1.82, 2.24) is 10.2 Å². The lowest BCUT2D eigenvalue weighted by Gasteiger charge is -2.61. The monoisotopic (exact) mass is 268 g/mol. The average molecular weight is 268 g/mol. The van der Waals surface area contributed by atoms with Crippen molar-refractivity contribution < 1.29 is 4.74 Å². The summed E-state index contributed by atoms with van der Waals surface area (Å²) in [4.78, 5) is 2.50. The molecule has 0 aliphatic heterocycles. The zero-order valence-corrected chi connectivity index (χ0v) is 13.2. The van der Waals surface area contributed by atoms with Gasteiger partial charge in [0.1, 0.15) is 0 Å². The van der Waals surface area contributed by atoms with Crippen LogP contribution in [0.3, 0.4) is 0 Å². The molecule has 2 fully saturated rings. The Morgan fingerprint density at radius 2 is 1.95 bits per heavy atom. The van der Waals surface area contributed by atoms with Crippen LogP contribution in [-0.4, -0.2) is 49.3 Å². The molecule has 0 aromatic carbocycles. The topological polar surface area (TPSA) is 24.5 Å². The van der Waals surface area contributed by atoms with Gasteiger partial charge in [0, 0.05) is 30.7 Å². The molecule has 3 heteroatoms. The third kappa shape index (κ3) is 2.98. The molecule has 112 valence electrons. The Labute approximate surface area is 119 Å². The molecule has 2 aliphatic carbocycles. The first-order valence-corrected chi connectivity index (χ1v) is 8.26. The van der Waals surface area contributed by atoms with Crippen LogP contribution in [0.4, 0.5) is 0 Å². The number of nitrogens with one attached hydrogen (secondary N) is 1. The Balaban J connectivity index is 1.80. The second kappa shape index (κ2) is 6.55. The fourth-order valence-electron chi connectivity index (χ4n) is 3.94. The van der Waals surface area contributed by atoms with Gasteiger partial charge in [0.25, 0.3) is 0 Å². The van der Waals surface area contributed by atoms with E-state index in [1.54, 1.807) is 0 Å². The molecule has 0 saturated heterocycles. The maximum Gasteiger partial charge on any atom is 0.0661 e. The first kappa shape index (κ1) is 15.3. The first-order valence-electron chi connectivity index (χ1n) is 8.26. The van der Waals surface area contributed by atoms with Crippen LogP contribution in [0.25, 0.3) is 0 Å². The number of nitrogens with zero attached hydrogens (tertiary/aromatic N) is 1. The minimum atomic E-state index is 0.494. The Bertz CT molecular complexity index is 274. The normalized spacial score (nSPS) is 30.2. The smallest absolute Gasteiger partial charge is 0.0661 e. The molecule has 1 N–H and O–H groups in total. The van der Waals surface area contributed by atoms with E-state index >= 15 is 0 Å². The van der Waals surface area contributed by atoms with Gasteiger partial charge in [-0.3, -0.25) is 0 Å². The summed E-state index contributed by atoms with van der Waals surface area (Å²) in [6.07, 6.45) is 5.88. The van der Waals surface area contributed by atoms with Gasteiger partial charge >= 0.3 is 0 Å². The molecule has 2 rings (SSSR count). The third-order valence-electron chi connectivity index (χ3n) is 5.35. The van der Waals surface area contributed by atoms with Crippen molar-refractivity contribution in [3.05, 3.63) is 0 Å². The summed E-state index contributed by atoms with van der Waals surface area (Å²) in [6, 6.07) is 1.29. The van der Waals surface area contributed by atoms with Crippen molar-refractivity contribution in [2.75, 3.05) is 26.2 Å². The van der Waals surface area contributed by atoms with Crippen LogP contribution < -0.4 is 5.32 Å². The molecule has 3 unspecified atom stereocenters. The molecule has 1 spiro atoms. The van der Waals surface area contributed by atoms with E-state index in [1.807, 2.05) is 0 Å². The highest BCUT2D eigenvalue weighted by Gasteiger charge is 2.58. The van der Waals surface area contributed by atoms with E-state index in [4.69, 9.17) is 4.74 Å². The van der Waals surface area contributed by atoms with Crippen molar-refractivity contribution in [3.63, 3.8) is 0 Å². The van der Waals surface area contributed by atoms with Crippen LogP contribution in [0, 0.1) is 5.41 Å². The van der Waals surface area contributed by atoms with Gasteiger partial charge in [-0.05, 0) is 46.2 Å². The highest BCUT2D eigenvalue weighted by atomic mass is 16.5. The van der Waals surface area contributed by atoms with Crippen LogP contribution in [0.15, 0.2) is 0 Å². The quantitative estimate of drug-likeness (QED) is 0.732. The molecule has 3 nitrogen and oxygen atoms in total. The summed E-state index contributed by atoms with van der Waals surface area (Å²) in [5.41, 5.74) is 0.494. The average Bonchev–Trinajstić information content (AvgIpc) is 2.32. The third-order valence-corrected chi connectivity index (χ3v) is 5.35. The van der Waals surface area contributed by atoms with Crippen LogP contribution >= 0.6 is 0 Å². The van der Waals surface area contributed by atoms with Gasteiger partial charge in [0.05, 0.1) is 6.10 Å². The molecule has 0 bridgehead atoms. The summed E-state index contributed by atoms with van der Waals surface area (Å²) in [5.74, 6) is 0. The van der Waals surface area contributed by atoms with E-state index in [2.05, 4.69) is 37.9 Å². The molecular weight excluding hydrogens is 236 g/mol. The number of ether oxygens (including phenoxy) is 1. The summed E-state index contributed by atoms with van der Waals surface area (Å²) in [6.45, 7) is 13.3. The molecule has 3 atom stereocenters. The largest absolute Gasteiger partial charge is 0.378 e. The van der Waals surface area contributed by atoms with Gasteiger partial charge < -0.3 is 15.0 Å². The van der Waals surface area contributed by atoms with E-state index in [9.17, 15) is 0 Å². The predicted octanol–water partition coefficient (Wildman–Crippen LogP) is 2.65. The molecule has 0 aromatic rings. The first-order chi connectivity index (χ1) is 9.16. The Morgan fingerprint density at radius 3 is 2.42 bits per heavy atom. The van der Waals surface area contributed by atoms with Crippen molar-refractivity contribution in [2.24, 2.45) is 5.41 Å². The zero-order valence-electron chi connectivity index (χ0n) is 13.2. The van der Waals surface area contributed by atoms with E-state index in [1.165, 1.54) is 32.2 Å². The Morgan fingerprint density at radius 1 is 1.26 bits per heavy atom. The lowest BCUT2D eigenvalue weighted by atomic mass is 9.51. The molecular formula is C16H32N2O. The molecule has 0 aromatic heterocycles. The molecule has 0 amide bonds. The number of rotatable bonds is 8. The summed E-state index contributed by atoms with van der Waals surface area (Å²) >= 11 is 0. The summed E-state index contributed by atoms with van der Waals surface area (Å²) in [5, 5.41) is 3.87. The summed E-state index contributed by atoms with van der Waals surface area (Å²) < 4.78 is 5.92. The van der Waals surface area contributed by atoms with E-state index < -0.39 is 0 Å². The van der Waals surface area contributed by atoms with E-state index in [0.717, 1.165) is 19.7 Å². The minimum absolute atomic E-state index is 0.494. The van der Waals surface area contributed by atoms with Gasteiger partial charge in [0.15, 0.2) is 0 Å². The van der Waals surface area contributed by atoms with Gasteiger partial charge in [-0.1, -0.05) is 20.3 Å². The standard InChI is InChI=1S/C16H32N2O/c1-5-18(6-2)12-13(4)17-14-11-15(19-7-3)16(14)9-8-10-16/h13-15,17H,5-12H2,1-4H3. The number of likely N-dealkylation sites (N-methyl/N-ethyl adjacent to an activating group) is 1. The summed E-state index contributed by atoms with van der Waals surface area (Å²) in [7, 11) is 0. The SMILES string of the molecule is CCOC1CC(NC(C)CN(CC)CC)C12CCC2. The number of hydrogen-bond acceptors (Lipinski definition) is 3. The van der Waals surface area contributed by atoms with E-state index in [0.29, 0.717) is 23.6 Å². The Kier molecular flexibility index (Phi) is 5.27. The van der Waals surface area contributed by atoms with Crippen molar-refractivity contribution in [1.29, 1.82) is 0 Å². The van der Waals surface area contributed by atoms with Crippen molar-refractivity contribution >= 4 is 0 Å². The molecule has 2 saturated carbocycles. The molecule has 0 radical (unpaired) electrons. The fraction of sp³-hybridized carbons (Fsp3) is 1.00. The van der Waals surface area contributed by atoms with Crippen LogP contribution in [0.1, 0.15) is 53.4 Å². The highest BCUT2D eigenvalue weighted by Crippen LogP contribution is 2.57. The molecule has 0 heterocycles. The number of hydrogen-bond donors (Lipinski definition) is 1. The highest BCUT2D eigenvalue weighted by molar-refractivity contribution is 5.12. The second-order valence-corrected chi connectivity index (χ2v) is 6.37. The van der Waals surface area contributed by atoms with E-state index in [-0.39, 0.29) is 0 Å².